The van der Waals surface area contributed by atoms with E-state index in [1.165, 1.54) is 19.2 Å². The molecule has 0 fully saturated rings. The van der Waals surface area contributed by atoms with E-state index in [0.717, 1.165) is 5.56 Å². The Morgan fingerprint density at radius 3 is 2.81 bits per heavy atom. The molecule has 0 bridgehead atoms. The van der Waals surface area contributed by atoms with Gasteiger partial charge in [-0.3, -0.25) is 10.1 Å². The van der Waals surface area contributed by atoms with Gasteiger partial charge >= 0.3 is 0 Å². The zero-order valence-electron chi connectivity index (χ0n) is 11.7. The van der Waals surface area contributed by atoms with Gasteiger partial charge in [-0.1, -0.05) is 0 Å². The minimum Gasteiger partial charge on any atom is -0.494 e. The lowest BCUT2D eigenvalue weighted by atomic mass is 10.2. The number of ether oxygens (including phenoxy) is 1. The molecule has 0 amide bonds. The van der Waals surface area contributed by atoms with Crippen molar-refractivity contribution >= 4 is 11.4 Å². The molecule has 1 heterocycles. The van der Waals surface area contributed by atoms with E-state index in [4.69, 9.17) is 10.00 Å². The van der Waals surface area contributed by atoms with Crippen molar-refractivity contribution in [3.8, 4) is 11.8 Å². The fourth-order valence-corrected chi connectivity index (χ4v) is 1.98. The van der Waals surface area contributed by atoms with Crippen molar-refractivity contribution in [3.05, 3.63) is 51.8 Å². The van der Waals surface area contributed by atoms with Gasteiger partial charge in [0.05, 0.1) is 23.8 Å². The number of aromatic nitrogens is 1. The number of nitrogens with one attached hydrogen (secondary N) is 1. The van der Waals surface area contributed by atoms with E-state index in [9.17, 15) is 10.1 Å². The fraction of sp³-hybridized carbons (Fsp3) is 0.214. The maximum absolute atomic E-state index is 10.7. The minimum atomic E-state index is -0.470. The number of rotatable bonds is 5. The number of non-ortho nitro benzene ring substituents is 1. The summed E-state index contributed by atoms with van der Waals surface area (Å²) in [5, 5.41) is 22.8. The normalized spacial score (nSPS) is 9.95. The van der Waals surface area contributed by atoms with Crippen LogP contribution in [0.15, 0.2) is 30.5 Å². The zero-order chi connectivity index (χ0) is 15.4. The highest BCUT2D eigenvalue weighted by atomic mass is 16.6. The van der Waals surface area contributed by atoms with Gasteiger partial charge in [-0.25, -0.2) is 0 Å². The Hall–Kier alpha value is -3.01. The molecule has 0 saturated carbocycles. The SMILES string of the molecule is COc1cc([N+](=O)[O-])ccc1NCc1cc(C#N)n(C)c1. The number of methoxy groups -OCH3 is 1. The third-order valence-electron chi connectivity index (χ3n) is 3.06. The number of nitriles is 1. The summed E-state index contributed by atoms with van der Waals surface area (Å²) in [5.41, 5.74) is 2.14. The zero-order valence-corrected chi connectivity index (χ0v) is 11.7. The van der Waals surface area contributed by atoms with E-state index < -0.39 is 4.92 Å². The average molecular weight is 286 g/mol. The molecular weight excluding hydrogens is 272 g/mol. The summed E-state index contributed by atoms with van der Waals surface area (Å²) in [5.74, 6) is 0.403. The molecule has 0 saturated heterocycles. The molecular formula is C14H14N4O3. The number of nitro groups is 1. The summed E-state index contributed by atoms with van der Waals surface area (Å²) < 4.78 is 6.89. The van der Waals surface area contributed by atoms with Crippen molar-refractivity contribution in [1.82, 2.24) is 4.57 Å². The molecule has 108 valence electrons. The maximum Gasteiger partial charge on any atom is 0.273 e. The molecule has 0 unspecified atom stereocenters. The van der Waals surface area contributed by atoms with E-state index >= 15 is 0 Å². The Labute approximate surface area is 121 Å². The Balaban J connectivity index is 2.16. The van der Waals surface area contributed by atoms with Crippen LogP contribution in [0.3, 0.4) is 0 Å². The van der Waals surface area contributed by atoms with Crippen molar-refractivity contribution in [2.45, 2.75) is 6.54 Å². The summed E-state index contributed by atoms with van der Waals surface area (Å²) in [7, 11) is 3.26. The Morgan fingerprint density at radius 2 is 2.24 bits per heavy atom. The molecule has 0 radical (unpaired) electrons. The van der Waals surface area contributed by atoms with Gasteiger partial charge in [0.1, 0.15) is 17.5 Å². The molecule has 2 aromatic rings. The first-order valence-corrected chi connectivity index (χ1v) is 6.16. The first-order chi connectivity index (χ1) is 10.0. The molecule has 0 aliphatic heterocycles. The van der Waals surface area contributed by atoms with Gasteiger partial charge in [0.15, 0.2) is 0 Å². The van der Waals surface area contributed by atoms with Crippen LogP contribution in [-0.2, 0) is 13.6 Å². The van der Waals surface area contributed by atoms with Crippen LogP contribution in [0.5, 0.6) is 5.75 Å². The van der Waals surface area contributed by atoms with Crippen LogP contribution in [0.2, 0.25) is 0 Å². The van der Waals surface area contributed by atoms with Crippen LogP contribution in [0.1, 0.15) is 11.3 Å². The highest BCUT2D eigenvalue weighted by Gasteiger charge is 2.11. The van der Waals surface area contributed by atoms with Crippen LogP contribution in [-0.4, -0.2) is 16.6 Å². The van der Waals surface area contributed by atoms with Gasteiger partial charge in [0.25, 0.3) is 5.69 Å². The monoisotopic (exact) mass is 286 g/mol. The summed E-state index contributed by atoms with van der Waals surface area (Å²) in [6.45, 7) is 0.490. The predicted molar refractivity (Wildman–Crippen MR) is 77.1 cm³/mol. The van der Waals surface area contributed by atoms with Crippen LogP contribution in [0, 0.1) is 21.4 Å². The molecule has 1 N–H and O–H groups in total. The number of nitrogens with zero attached hydrogens (tertiary/aromatic N) is 3. The van der Waals surface area contributed by atoms with E-state index in [2.05, 4.69) is 11.4 Å². The van der Waals surface area contributed by atoms with E-state index in [1.54, 1.807) is 23.7 Å². The predicted octanol–water partition coefficient (Wildman–Crippen LogP) is 2.43. The number of hydrogen-bond donors (Lipinski definition) is 1. The van der Waals surface area contributed by atoms with Crippen molar-refractivity contribution in [3.63, 3.8) is 0 Å². The van der Waals surface area contributed by atoms with E-state index in [0.29, 0.717) is 23.7 Å². The molecule has 0 spiro atoms. The quantitative estimate of drug-likeness (QED) is 0.673. The molecule has 7 nitrogen and oxygen atoms in total. The highest BCUT2D eigenvalue weighted by molar-refractivity contribution is 5.60. The minimum absolute atomic E-state index is 0.0242. The average Bonchev–Trinajstić information content (AvgIpc) is 2.84. The summed E-state index contributed by atoms with van der Waals surface area (Å²) in [6, 6.07) is 8.26. The smallest absolute Gasteiger partial charge is 0.273 e. The second-order valence-corrected chi connectivity index (χ2v) is 4.45. The molecule has 2 rings (SSSR count). The van der Waals surface area contributed by atoms with Crippen molar-refractivity contribution in [1.29, 1.82) is 5.26 Å². The second-order valence-electron chi connectivity index (χ2n) is 4.45. The maximum atomic E-state index is 10.7. The number of benzene rings is 1. The number of nitro benzene ring substituents is 1. The molecule has 0 aliphatic rings. The standard InChI is InChI=1S/C14H14N4O3/c1-17-9-10(5-12(17)7-15)8-16-13-4-3-11(18(19)20)6-14(13)21-2/h3-6,9,16H,8H2,1-2H3. The fourth-order valence-electron chi connectivity index (χ4n) is 1.98. The summed E-state index contributed by atoms with van der Waals surface area (Å²) >= 11 is 0. The van der Waals surface area contributed by atoms with E-state index in [-0.39, 0.29) is 5.69 Å². The van der Waals surface area contributed by atoms with E-state index in [1.807, 2.05) is 6.20 Å². The highest BCUT2D eigenvalue weighted by Crippen LogP contribution is 2.29. The number of aryl methyl sites for hydroxylation is 1. The second kappa shape index (κ2) is 5.96. The number of anilines is 1. The molecule has 1 aromatic carbocycles. The Morgan fingerprint density at radius 1 is 1.48 bits per heavy atom. The molecule has 21 heavy (non-hydrogen) atoms. The summed E-state index contributed by atoms with van der Waals surface area (Å²) in [4.78, 5) is 10.3. The van der Waals surface area contributed by atoms with Gasteiger partial charge in [0.2, 0.25) is 0 Å². The van der Waals surface area contributed by atoms with Crippen LogP contribution < -0.4 is 10.1 Å². The summed E-state index contributed by atoms with van der Waals surface area (Å²) in [6.07, 6.45) is 1.85. The lowest BCUT2D eigenvalue weighted by Gasteiger charge is -2.10. The Bertz CT molecular complexity index is 715. The molecule has 0 aliphatic carbocycles. The first-order valence-electron chi connectivity index (χ1n) is 6.16. The van der Waals surface area contributed by atoms with Gasteiger partial charge in [-0.05, 0) is 17.7 Å². The van der Waals surface area contributed by atoms with Crippen molar-refractivity contribution in [2.75, 3.05) is 12.4 Å². The van der Waals surface area contributed by atoms with Crippen molar-refractivity contribution < 1.29 is 9.66 Å². The largest absolute Gasteiger partial charge is 0.494 e. The molecule has 7 heteroatoms. The first kappa shape index (κ1) is 14.4. The van der Waals surface area contributed by atoms with Gasteiger partial charge in [-0.15, -0.1) is 0 Å². The van der Waals surface area contributed by atoms with Gasteiger partial charge < -0.3 is 14.6 Å². The van der Waals surface area contributed by atoms with Gasteiger partial charge in [-0.2, -0.15) is 5.26 Å². The van der Waals surface area contributed by atoms with Crippen LogP contribution in [0.4, 0.5) is 11.4 Å². The lowest BCUT2D eigenvalue weighted by Crippen LogP contribution is -2.01. The van der Waals surface area contributed by atoms with Crippen LogP contribution >= 0.6 is 0 Å². The third kappa shape index (κ3) is 3.12. The molecule has 0 atom stereocenters. The Kier molecular flexibility index (Phi) is 4.09. The molecule has 1 aromatic heterocycles. The van der Waals surface area contributed by atoms with Crippen molar-refractivity contribution in [2.24, 2.45) is 7.05 Å². The topological polar surface area (TPSA) is 93.1 Å². The third-order valence-corrected chi connectivity index (χ3v) is 3.06. The lowest BCUT2D eigenvalue weighted by molar-refractivity contribution is -0.384. The van der Waals surface area contributed by atoms with Gasteiger partial charge in [0, 0.05) is 25.9 Å². The number of hydrogen-bond acceptors (Lipinski definition) is 5. The van der Waals surface area contributed by atoms with Crippen LogP contribution in [0.25, 0.3) is 0 Å².